The number of para-hydroxylation sites is 1. The Kier molecular flexibility index (Phi) is 3.74. The first-order valence-corrected chi connectivity index (χ1v) is 8.01. The zero-order chi connectivity index (χ0) is 16.6. The van der Waals surface area contributed by atoms with Gasteiger partial charge >= 0.3 is 0 Å². The van der Waals surface area contributed by atoms with Crippen molar-refractivity contribution >= 4 is 11.5 Å². The summed E-state index contributed by atoms with van der Waals surface area (Å²) in [5.74, 6) is 1.18. The van der Waals surface area contributed by atoms with E-state index >= 15 is 0 Å². The maximum atomic E-state index is 6.06. The number of aromatic nitrogens is 2. The number of rotatable bonds is 5. The van der Waals surface area contributed by atoms with Gasteiger partial charge in [0.05, 0.1) is 11.4 Å². The van der Waals surface area contributed by atoms with Crippen LogP contribution in [0.2, 0.25) is 0 Å². The van der Waals surface area contributed by atoms with E-state index in [0.717, 1.165) is 43.1 Å². The topological polar surface area (TPSA) is 85.5 Å². The Bertz CT molecular complexity index is 740. The Morgan fingerprint density at radius 2 is 2.04 bits per heavy atom. The molecule has 1 aromatic carbocycles. The lowest BCUT2D eigenvalue weighted by Gasteiger charge is -2.57. The van der Waals surface area contributed by atoms with E-state index in [2.05, 4.69) is 20.4 Å². The van der Waals surface area contributed by atoms with Crippen molar-refractivity contribution in [3.05, 3.63) is 30.3 Å². The van der Waals surface area contributed by atoms with E-state index in [-0.39, 0.29) is 6.79 Å². The predicted octanol–water partition coefficient (Wildman–Crippen LogP) is 1.12. The van der Waals surface area contributed by atoms with E-state index in [1.807, 2.05) is 30.3 Å². The number of nitrogen functional groups attached to an aromatic ring is 1. The van der Waals surface area contributed by atoms with Crippen LogP contribution in [0, 0.1) is 5.41 Å². The van der Waals surface area contributed by atoms with Crippen molar-refractivity contribution < 1.29 is 9.47 Å². The maximum Gasteiger partial charge on any atom is 0.188 e. The third-order valence-electron chi connectivity index (χ3n) is 4.69. The highest BCUT2D eigenvalue weighted by atomic mass is 16.7. The first-order chi connectivity index (χ1) is 11.7. The fourth-order valence-corrected chi connectivity index (χ4v) is 3.34. The number of ether oxygens (including phenoxy) is 2. The standard InChI is InChI=1S/C17H21N5O2/c1-23-11-24-15-5-3-2-4-12(15)13-6-14(16(18)21-20-13)22-9-17(10-22)7-19-8-17/h2-6,19H,7-11H2,1H3,(H2,18,21). The van der Waals surface area contributed by atoms with Gasteiger partial charge in [-0.15, -0.1) is 10.2 Å². The molecule has 1 spiro atoms. The molecular weight excluding hydrogens is 306 g/mol. The molecule has 0 bridgehead atoms. The monoisotopic (exact) mass is 327 g/mol. The molecule has 3 heterocycles. The second kappa shape index (κ2) is 5.92. The minimum absolute atomic E-state index is 0.188. The van der Waals surface area contributed by atoms with E-state index in [1.165, 1.54) is 0 Å². The van der Waals surface area contributed by atoms with Crippen molar-refractivity contribution in [2.24, 2.45) is 5.41 Å². The molecule has 0 unspecified atom stereocenters. The molecule has 4 rings (SSSR count). The summed E-state index contributed by atoms with van der Waals surface area (Å²) < 4.78 is 10.6. The quantitative estimate of drug-likeness (QED) is 0.796. The number of nitrogens with one attached hydrogen (secondary N) is 1. The Morgan fingerprint density at radius 1 is 1.25 bits per heavy atom. The lowest BCUT2D eigenvalue weighted by atomic mass is 9.74. The molecule has 2 saturated heterocycles. The SMILES string of the molecule is COCOc1ccccc1-c1cc(N2CC3(CNC3)C2)c(N)nn1. The Morgan fingerprint density at radius 3 is 2.75 bits per heavy atom. The summed E-state index contributed by atoms with van der Waals surface area (Å²) in [5.41, 5.74) is 9.06. The van der Waals surface area contributed by atoms with Crippen molar-refractivity contribution in [1.82, 2.24) is 15.5 Å². The molecule has 3 N–H and O–H groups in total. The molecule has 0 aliphatic carbocycles. The molecule has 7 nitrogen and oxygen atoms in total. The second-order valence-electron chi connectivity index (χ2n) is 6.51. The van der Waals surface area contributed by atoms with Crippen LogP contribution in [0.5, 0.6) is 5.75 Å². The van der Waals surface area contributed by atoms with Crippen LogP contribution in [0.4, 0.5) is 11.5 Å². The summed E-state index contributed by atoms with van der Waals surface area (Å²) >= 11 is 0. The Labute approximate surface area is 140 Å². The van der Waals surface area contributed by atoms with Gasteiger partial charge in [-0.1, -0.05) is 12.1 Å². The highest BCUT2D eigenvalue weighted by Crippen LogP contribution is 2.40. The third-order valence-corrected chi connectivity index (χ3v) is 4.69. The van der Waals surface area contributed by atoms with Crippen LogP contribution >= 0.6 is 0 Å². The fraction of sp³-hybridized carbons (Fsp3) is 0.412. The number of nitrogens with zero attached hydrogens (tertiary/aromatic N) is 3. The van der Waals surface area contributed by atoms with Crippen LogP contribution in [-0.4, -0.2) is 50.3 Å². The molecule has 0 saturated carbocycles. The van der Waals surface area contributed by atoms with Crippen LogP contribution in [0.25, 0.3) is 11.3 Å². The third kappa shape index (κ3) is 2.55. The highest BCUT2D eigenvalue weighted by Gasteiger charge is 2.48. The van der Waals surface area contributed by atoms with Crippen LogP contribution < -0.4 is 20.7 Å². The van der Waals surface area contributed by atoms with E-state index in [9.17, 15) is 0 Å². The van der Waals surface area contributed by atoms with Gasteiger partial charge in [0.15, 0.2) is 12.6 Å². The summed E-state index contributed by atoms with van der Waals surface area (Å²) in [6.07, 6.45) is 0. The summed E-state index contributed by atoms with van der Waals surface area (Å²) in [6.45, 7) is 4.38. The van der Waals surface area contributed by atoms with Gasteiger partial charge in [-0.3, -0.25) is 0 Å². The largest absolute Gasteiger partial charge is 0.467 e. The number of anilines is 2. The van der Waals surface area contributed by atoms with E-state index < -0.39 is 0 Å². The van der Waals surface area contributed by atoms with Crippen molar-refractivity contribution in [1.29, 1.82) is 0 Å². The van der Waals surface area contributed by atoms with Crippen molar-refractivity contribution in [3.63, 3.8) is 0 Å². The molecule has 7 heteroatoms. The molecule has 24 heavy (non-hydrogen) atoms. The molecule has 126 valence electrons. The summed E-state index contributed by atoms with van der Waals surface area (Å²) in [6, 6.07) is 9.72. The zero-order valence-electron chi connectivity index (χ0n) is 13.7. The van der Waals surface area contributed by atoms with Crippen LogP contribution in [0.1, 0.15) is 0 Å². The highest BCUT2D eigenvalue weighted by molar-refractivity contribution is 5.75. The number of hydrogen-bond donors (Lipinski definition) is 2. The lowest BCUT2D eigenvalue weighted by Crippen LogP contribution is -2.71. The maximum absolute atomic E-state index is 6.06. The Balaban J connectivity index is 1.62. The molecular formula is C17H21N5O2. The number of nitrogens with two attached hydrogens (primary N) is 1. The molecule has 2 aromatic rings. The Hall–Kier alpha value is -2.38. The fourth-order valence-electron chi connectivity index (χ4n) is 3.34. The molecule has 2 fully saturated rings. The molecule has 2 aliphatic heterocycles. The molecule has 0 atom stereocenters. The summed E-state index contributed by atoms with van der Waals surface area (Å²) in [4.78, 5) is 2.27. The van der Waals surface area contributed by atoms with Gasteiger partial charge in [-0.2, -0.15) is 0 Å². The van der Waals surface area contributed by atoms with Gasteiger partial charge in [0.25, 0.3) is 0 Å². The number of hydrogen-bond acceptors (Lipinski definition) is 7. The minimum Gasteiger partial charge on any atom is -0.467 e. The average Bonchev–Trinajstić information content (AvgIpc) is 2.52. The summed E-state index contributed by atoms with van der Waals surface area (Å²) in [7, 11) is 1.60. The lowest BCUT2D eigenvalue weighted by molar-refractivity contribution is 0.0515. The van der Waals surface area contributed by atoms with Crippen LogP contribution in [0.15, 0.2) is 30.3 Å². The van der Waals surface area contributed by atoms with E-state index in [4.69, 9.17) is 15.2 Å². The first kappa shape index (κ1) is 15.2. The van der Waals surface area contributed by atoms with E-state index in [0.29, 0.717) is 17.0 Å². The van der Waals surface area contributed by atoms with Crippen LogP contribution in [0.3, 0.4) is 0 Å². The van der Waals surface area contributed by atoms with Gasteiger partial charge in [0.2, 0.25) is 0 Å². The normalized spacial score (nSPS) is 18.1. The summed E-state index contributed by atoms with van der Waals surface area (Å²) in [5, 5.41) is 11.7. The van der Waals surface area contributed by atoms with Crippen molar-refractivity contribution in [2.45, 2.75) is 0 Å². The second-order valence-corrected chi connectivity index (χ2v) is 6.51. The van der Waals surface area contributed by atoms with E-state index in [1.54, 1.807) is 7.11 Å². The number of benzene rings is 1. The van der Waals surface area contributed by atoms with Gasteiger partial charge < -0.3 is 25.4 Å². The molecule has 1 aromatic heterocycles. The predicted molar refractivity (Wildman–Crippen MR) is 91.9 cm³/mol. The molecule has 0 amide bonds. The number of methoxy groups -OCH3 is 1. The van der Waals surface area contributed by atoms with Gasteiger partial charge in [0.1, 0.15) is 5.75 Å². The van der Waals surface area contributed by atoms with Gasteiger partial charge in [0, 0.05) is 44.3 Å². The smallest absolute Gasteiger partial charge is 0.188 e. The molecule has 0 radical (unpaired) electrons. The van der Waals surface area contributed by atoms with Crippen LogP contribution in [-0.2, 0) is 4.74 Å². The van der Waals surface area contributed by atoms with Gasteiger partial charge in [-0.25, -0.2) is 0 Å². The first-order valence-electron chi connectivity index (χ1n) is 8.01. The zero-order valence-corrected chi connectivity index (χ0v) is 13.7. The van der Waals surface area contributed by atoms with Crippen molar-refractivity contribution in [3.8, 4) is 17.0 Å². The van der Waals surface area contributed by atoms with Gasteiger partial charge in [-0.05, 0) is 18.2 Å². The van der Waals surface area contributed by atoms with Crippen molar-refractivity contribution in [2.75, 3.05) is 50.7 Å². The minimum atomic E-state index is 0.188. The average molecular weight is 327 g/mol. The molecule has 2 aliphatic rings.